The van der Waals surface area contributed by atoms with Crippen LogP contribution < -0.4 is 25.0 Å². The Morgan fingerprint density at radius 3 is 1.60 bits per heavy atom. The maximum absolute atomic E-state index is 13.4. The van der Waals surface area contributed by atoms with E-state index in [-0.39, 0.29) is 103 Å². The van der Waals surface area contributed by atoms with E-state index in [0.717, 1.165) is 12.1 Å². The van der Waals surface area contributed by atoms with Crippen molar-refractivity contribution < 1.29 is 55.5 Å². The Balaban J connectivity index is 0.000000241. The number of hydrogen-bond acceptors (Lipinski definition) is 15. The molecule has 8 rings (SSSR count). The number of amides is 1. The van der Waals surface area contributed by atoms with Crippen molar-refractivity contribution in [3.63, 3.8) is 0 Å². The molecule has 0 unspecified atom stereocenters. The van der Waals surface area contributed by atoms with Gasteiger partial charge in [-0.1, -0.05) is 103 Å². The minimum atomic E-state index is -4.49. The summed E-state index contributed by atoms with van der Waals surface area (Å²) in [4.78, 5) is 16.4. The summed E-state index contributed by atoms with van der Waals surface area (Å²) >= 11 is 12.5. The molecule has 0 heterocycles. The predicted molar refractivity (Wildman–Crippen MR) is 285 cm³/mol. The number of anilines is 1. The summed E-state index contributed by atoms with van der Waals surface area (Å²) in [6, 6.07) is 34.8. The number of halogens is 2. The van der Waals surface area contributed by atoms with E-state index < -0.39 is 43.5 Å². The van der Waals surface area contributed by atoms with E-state index >= 15 is 0 Å². The van der Waals surface area contributed by atoms with Crippen LogP contribution in [0, 0.1) is 0 Å². The molecule has 0 aromatic heterocycles. The number of phenols is 1. The van der Waals surface area contributed by atoms with E-state index in [1.165, 1.54) is 32.4 Å². The number of nitrogens with one attached hydrogen (secondary N) is 1. The Morgan fingerprint density at radius 2 is 1.08 bits per heavy atom. The van der Waals surface area contributed by atoms with Gasteiger partial charge in [-0.05, 0) is 107 Å². The van der Waals surface area contributed by atoms with E-state index in [4.69, 9.17) is 32.7 Å². The number of hydrogen-bond donors (Lipinski definition) is 4. The molecule has 75 heavy (non-hydrogen) atoms. The quantitative estimate of drug-likeness (QED) is 0.0260. The number of aromatic hydroxyl groups is 1. The van der Waals surface area contributed by atoms with Gasteiger partial charge in [0.25, 0.3) is 26.1 Å². The molecule has 0 aliphatic rings. The summed E-state index contributed by atoms with van der Waals surface area (Å²) < 4.78 is 75.3. The van der Waals surface area contributed by atoms with E-state index in [9.17, 15) is 46.1 Å². The zero-order valence-corrected chi connectivity index (χ0v) is 47.7. The number of carbonyl (C=O) groups excluding carboxylic acids is 1. The summed E-state index contributed by atoms with van der Waals surface area (Å²) in [5, 5.41) is 59.0. The van der Waals surface area contributed by atoms with Gasteiger partial charge in [-0.15, -0.1) is 15.3 Å². The van der Waals surface area contributed by atoms with Crippen LogP contribution in [0.2, 0.25) is 10.0 Å². The first-order valence-electron chi connectivity index (χ1n) is 22.0. The molecule has 8 aromatic carbocycles. The first kappa shape index (κ1) is 57.9. The maximum Gasteiger partial charge on any atom is 2.00 e. The van der Waals surface area contributed by atoms with Crippen LogP contribution in [0.5, 0.6) is 23.0 Å². The molecule has 1 amide bonds. The predicted octanol–water partition coefficient (Wildman–Crippen LogP) is 11.5. The van der Waals surface area contributed by atoms with Gasteiger partial charge >= 0.3 is 48.9 Å². The van der Waals surface area contributed by atoms with Crippen molar-refractivity contribution in [1.29, 1.82) is 0 Å². The van der Waals surface area contributed by atoms with Crippen molar-refractivity contribution >= 4 is 160 Å². The molecule has 0 saturated heterocycles. The maximum atomic E-state index is 13.4. The minimum absolute atomic E-state index is 0. The molecule has 0 saturated carbocycles. The van der Waals surface area contributed by atoms with Crippen LogP contribution >= 0.6 is 23.2 Å². The number of phenolic OH excluding ortho intramolecular Hbond substituents is 1. The Bertz CT molecular complexity index is 3830. The van der Waals surface area contributed by atoms with Gasteiger partial charge in [-0.2, -0.15) is 21.9 Å². The van der Waals surface area contributed by atoms with Crippen molar-refractivity contribution in [3.05, 3.63) is 166 Å². The minimum Gasteiger partial charge on any atom is -0.871 e. The van der Waals surface area contributed by atoms with Crippen LogP contribution in [0.25, 0.3) is 21.5 Å². The van der Waals surface area contributed by atoms with Gasteiger partial charge in [0, 0.05) is 28.6 Å². The van der Waals surface area contributed by atoms with Crippen LogP contribution in [-0.2, 0) is 33.1 Å². The monoisotopic (exact) mass is 1210 g/mol. The van der Waals surface area contributed by atoms with Crippen molar-refractivity contribution in [1.82, 2.24) is 0 Å². The number of azo groups is 2. The molecule has 0 aliphatic carbocycles. The molecule has 0 fully saturated rings. The number of rotatable bonds is 14. The molecule has 0 spiro atoms. The molecule has 18 nitrogen and oxygen atoms in total. The third-order valence-corrected chi connectivity index (χ3v) is 13.4. The molecule has 0 atom stereocenters. The van der Waals surface area contributed by atoms with E-state index in [2.05, 4.69) is 30.8 Å². The zero-order chi connectivity index (χ0) is 53.5. The fourth-order valence-electron chi connectivity index (χ4n) is 7.43. The van der Waals surface area contributed by atoms with Gasteiger partial charge in [0.15, 0.2) is 5.75 Å². The molecular weight excluding hydrogens is 1170 g/mol. The first-order chi connectivity index (χ1) is 35.2. The third-order valence-electron chi connectivity index (χ3n) is 11.1. The summed E-state index contributed by atoms with van der Waals surface area (Å²) in [6.45, 7) is 3.50. The van der Waals surface area contributed by atoms with Crippen molar-refractivity contribution in [3.8, 4) is 23.0 Å². The summed E-state index contributed by atoms with van der Waals surface area (Å²) in [7, 11) is -5.95. The molecule has 4 N–H and O–H groups in total. The van der Waals surface area contributed by atoms with Crippen LogP contribution in [0.4, 0.5) is 34.1 Å². The van der Waals surface area contributed by atoms with Crippen molar-refractivity contribution in [2.45, 2.75) is 36.5 Å². The van der Waals surface area contributed by atoms with Gasteiger partial charge in [-0.3, -0.25) is 18.9 Å². The summed E-state index contributed by atoms with van der Waals surface area (Å²) in [5.41, 5.74) is 1.62. The third kappa shape index (κ3) is 13.7. The molecule has 0 radical (unpaired) electrons. The molecule has 8 aromatic rings. The number of benzene rings is 8. The molecule has 0 aliphatic heterocycles. The van der Waals surface area contributed by atoms with Gasteiger partial charge < -0.3 is 30.1 Å². The molecular formula is C52H42BaCl2N6O12S2. The van der Waals surface area contributed by atoms with E-state index in [1.807, 2.05) is 0 Å². The standard InChI is InChI=1S/2C26H22ClN3O6S.Ba/c2*1-3-15-11-19(37(33,34)35)14-22(27)23(15)29-30-24-20-10-5-4-7-16(20)12-21(25(24)31)26(32)28-17-8-6-9-18(13-17)36-2;/h2*4-14,31H,3H2,1-2H3,(H,28,32)(H,33,34,35);/q;;+2/p-2. The number of nitrogens with zero attached hydrogens (tertiary/aromatic N) is 5. The zero-order valence-electron chi connectivity index (χ0n) is 40.1. The van der Waals surface area contributed by atoms with Crippen LogP contribution in [0.1, 0.15) is 40.9 Å². The average Bonchev–Trinajstić information content (AvgIpc) is 3.37. The molecule has 23 heteroatoms. The fraction of sp³-hybridized carbons (Fsp3) is 0.115. The number of methoxy groups -OCH3 is 2. The number of fused-ring (bicyclic) bond motifs is 2. The second kappa shape index (κ2) is 25.0. The Labute approximate surface area is 481 Å². The Hall–Kier alpha value is -6.41. The number of aryl methyl sites for hydroxylation is 2. The summed E-state index contributed by atoms with van der Waals surface area (Å²) in [6.07, 6.45) is 0.660. The van der Waals surface area contributed by atoms with Gasteiger partial charge in [0.1, 0.15) is 28.6 Å². The number of aliphatic imine (C=N–C) groups is 1. The Morgan fingerprint density at radius 1 is 0.613 bits per heavy atom. The Kier molecular flexibility index (Phi) is 19.3. The number of ether oxygens (including phenoxy) is 2. The topological polar surface area (TPSA) is 284 Å². The second-order valence-corrected chi connectivity index (χ2v) is 19.5. The first-order valence-corrected chi connectivity index (χ1v) is 25.6. The largest absolute Gasteiger partial charge is 2.00 e. The van der Waals surface area contributed by atoms with Crippen molar-refractivity contribution in [2.75, 3.05) is 19.5 Å². The van der Waals surface area contributed by atoms with Crippen LogP contribution in [-0.4, -0.2) is 106 Å². The molecule has 380 valence electrons. The normalized spacial score (nSPS) is 11.9. The van der Waals surface area contributed by atoms with Crippen LogP contribution in [0.3, 0.4) is 0 Å². The van der Waals surface area contributed by atoms with E-state index in [0.29, 0.717) is 68.4 Å². The molecule has 0 bridgehead atoms. The smallest absolute Gasteiger partial charge is 0.871 e. The van der Waals surface area contributed by atoms with Crippen molar-refractivity contribution in [2.24, 2.45) is 25.4 Å². The van der Waals surface area contributed by atoms with Gasteiger partial charge in [0.05, 0.1) is 51.0 Å². The van der Waals surface area contributed by atoms with Crippen LogP contribution in [0.15, 0.2) is 169 Å². The van der Waals surface area contributed by atoms with E-state index in [1.54, 1.807) is 117 Å². The SMILES string of the molecule is CCc1cc(S(=O)(=O)O)cc(Cl)c1N=Nc1c(O)c(C(=O)Nc2cccc(OC)c2)cc2ccccc12.CCc1cc(S(=O)(=O)O)cc(Cl)c1N=Nc1c([O-])c(C([O-])=Nc2cccc(OC)c2)cc2ccccc12.[Ba+2]. The fourth-order valence-corrected chi connectivity index (χ4v) is 9.23. The summed E-state index contributed by atoms with van der Waals surface area (Å²) in [5.74, 6) is -1.34. The second-order valence-electron chi connectivity index (χ2n) is 15.9. The van der Waals surface area contributed by atoms with Gasteiger partial charge in [0.2, 0.25) is 0 Å². The van der Waals surface area contributed by atoms with Gasteiger partial charge in [-0.25, -0.2) is 0 Å². The number of carbonyl (C=O) groups is 1. The average molecular weight is 1220 g/mol.